The Balaban J connectivity index is 1.39. The Kier molecular flexibility index (Phi) is 6.75. The fraction of sp³-hybridized carbons (Fsp3) is 0.103. The highest BCUT2D eigenvalue weighted by molar-refractivity contribution is 9.10. The molecule has 1 heterocycles. The molecule has 0 unspecified atom stereocenters. The number of imide groups is 1. The fourth-order valence-corrected chi connectivity index (χ4v) is 5.31. The molecular weight excluding hydrogens is 522 g/mol. The average Bonchev–Trinajstić information content (AvgIpc) is 3.11. The topological polar surface area (TPSA) is 46.6 Å². The number of hydrogen-bond donors (Lipinski definition) is 0. The molecule has 1 aliphatic heterocycles. The first-order valence-corrected chi connectivity index (χ1v) is 12.8. The monoisotopic (exact) mass is 543 g/mol. The molecule has 4 nitrogen and oxygen atoms in total. The molecule has 1 aliphatic rings. The minimum Gasteiger partial charge on any atom is -0.488 e. The lowest BCUT2D eigenvalue weighted by atomic mass is 10.0. The number of aryl methyl sites for hydroxylation is 1. The summed E-state index contributed by atoms with van der Waals surface area (Å²) in [5.41, 5.74) is 3.91. The molecule has 0 saturated carbocycles. The highest BCUT2D eigenvalue weighted by Crippen LogP contribution is 2.36. The van der Waals surface area contributed by atoms with Gasteiger partial charge in [0.05, 0.1) is 11.4 Å². The third kappa shape index (κ3) is 5.19. The number of benzene rings is 4. The number of ether oxygens (including phenoxy) is 1. The minimum atomic E-state index is -0.294. The summed E-state index contributed by atoms with van der Waals surface area (Å²) in [7, 11) is 0. The number of carbonyl (C=O) groups is 2. The molecule has 0 aromatic heterocycles. The Morgan fingerprint density at radius 3 is 2.60 bits per heavy atom. The largest absolute Gasteiger partial charge is 0.488 e. The van der Waals surface area contributed by atoms with E-state index in [4.69, 9.17) is 4.74 Å². The van der Waals surface area contributed by atoms with E-state index in [1.165, 1.54) is 10.5 Å². The van der Waals surface area contributed by atoms with Crippen LogP contribution in [0.1, 0.15) is 22.3 Å². The highest BCUT2D eigenvalue weighted by Gasteiger charge is 2.35. The minimum absolute atomic E-state index is 0.235. The molecule has 0 bridgehead atoms. The summed E-state index contributed by atoms with van der Waals surface area (Å²) in [5, 5.41) is 1.85. The normalized spacial score (nSPS) is 14.8. The van der Waals surface area contributed by atoms with Crippen LogP contribution >= 0.6 is 27.7 Å². The second-order valence-corrected chi connectivity index (χ2v) is 10.3. The number of carbonyl (C=O) groups excluding carboxylic acids is 2. The van der Waals surface area contributed by atoms with Gasteiger partial charge < -0.3 is 4.74 Å². The number of halogens is 1. The van der Waals surface area contributed by atoms with Crippen molar-refractivity contribution >= 4 is 55.7 Å². The third-order valence-corrected chi connectivity index (χ3v) is 7.22. The summed E-state index contributed by atoms with van der Waals surface area (Å²) in [6.07, 6.45) is 1.74. The molecule has 0 spiro atoms. The second-order valence-electron chi connectivity index (χ2n) is 8.37. The maximum atomic E-state index is 13.2. The zero-order valence-electron chi connectivity index (χ0n) is 19.0. The second kappa shape index (κ2) is 10.1. The first-order chi connectivity index (χ1) is 17.0. The molecule has 2 amide bonds. The van der Waals surface area contributed by atoms with Crippen LogP contribution in [0.15, 0.2) is 94.3 Å². The van der Waals surface area contributed by atoms with E-state index in [1.54, 1.807) is 6.08 Å². The van der Waals surface area contributed by atoms with Crippen molar-refractivity contribution in [3.05, 3.63) is 117 Å². The molecule has 0 N–H and O–H groups in total. The molecule has 0 atom stereocenters. The van der Waals surface area contributed by atoms with Gasteiger partial charge >= 0.3 is 0 Å². The number of amides is 2. The maximum Gasteiger partial charge on any atom is 0.293 e. The molecule has 4 aromatic rings. The van der Waals surface area contributed by atoms with Gasteiger partial charge in [0.2, 0.25) is 0 Å². The zero-order valence-corrected chi connectivity index (χ0v) is 21.4. The molecule has 4 aromatic carbocycles. The van der Waals surface area contributed by atoms with Crippen molar-refractivity contribution in [1.29, 1.82) is 0 Å². The van der Waals surface area contributed by atoms with Crippen LogP contribution in [0.3, 0.4) is 0 Å². The summed E-state index contributed by atoms with van der Waals surface area (Å²) >= 11 is 4.46. The Morgan fingerprint density at radius 2 is 1.74 bits per heavy atom. The van der Waals surface area contributed by atoms with Crippen molar-refractivity contribution < 1.29 is 14.3 Å². The van der Waals surface area contributed by atoms with E-state index >= 15 is 0 Å². The third-order valence-electron chi connectivity index (χ3n) is 5.82. The van der Waals surface area contributed by atoms with Crippen molar-refractivity contribution in [1.82, 2.24) is 4.90 Å². The van der Waals surface area contributed by atoms with Crippen LogP contribution < -0.4 is 4.74 Å². The SMILES string of the molecule is Cc1cccc(COc2ccc(Br)cc2/C=C2/SC(=O)N(Cc3cccc4ccccc34)C2=O)c1. The van der Waals surface area contributed by atoms with E-state index in [9.17, 15) is 9.59 Å². The number of thioether (sulfide) groups is 1. The van der Waals surface area contributed by atoms with E-state index in [-0.39, 0.29) is 17.7 Å². The number of hydrogen-bond acceptors (Lipinski definition) is 4. The highest BCUT2D eigenvalue weighted by atomic mass is 79.9. The van der Waals surface area contributed by atoms with Crippen LogP contribution in [0.2, 0.25) is 0 Å². The summed E-state index contributed by atoms with van der Waals surface area (Å²) < 4.78 is 6.95. The van der Waals surface area contributed by atoms with E-state index in [2.05, 4.69) is 22.0 Å². The zero-order chi connectivity index (χ0) is 24.4. The predicted molar refractivity (Wildman–Crippen MR) is 145 cm³/mol. The van der Waals surface area contributed by atoms with Gasteiger partial charge in [-0.1, -0.05) is 88.2 Å². The average molecular weight is 544 g/mol. The molecule has 6 heteroatoms. The van der Waals surface area contributed by atoms with Crippen LogP contribution in [0.25, 0.3) is 16.8 Å². The molecule has 5 rings (SSSR count). The van der Waals surface area contributed by atoms with E-state index in [0.29, 0.717) is 17.3 Å². The molecule has 0 aliphatic carbocycles. The van der Waals surface area contributed by atoms with Crippen molar-refractivity contribution in [3.63, 3.8) is 0 Å². The molecule has 1 fully saturated rings. The quantitative estimate of drug-likeness (QED) is 0.233. The molecule has 1 saturated heterocycles. The molecular formula is C29H22BrNO3S. The Morgan fingerprint density at radius 1 is 0.943 bits per heavy atom. The lowest BCUT2D eigenvalue weighted by molar-refractivity contribution is -0.123. The van der Waals surface area contributed by atoms with Gasteiger partial charge in [0.25, 0.3) is 11.1 Å². The predicted octanol–water partition coefficient (Wildman–Crippen LogP) is 7.73. The van der Waals surface area contributed by atoms with Crippen LogP contribution in [0.5, 0.6) is 5.75 Å². The van der Waals surface area contributed by atoms with E-state index in [1.807, 2.05) is 85.8 Å². The lowest BCUT2D eigenvalue weighted by Crippen LogP contribution is -2.27. The van der Waals surface area contributed by atoms with Gasteiger partial charge in [-0.15, -0.1) is 0 Å². The van der Waals surface area contributed by atoms with Crippen molar-refractivity contribution in [3.8, 4) is 5.75 Å². The number of rotatable bonds is 6. The van der Waals surface area contributed by atoms with Gasteiger partial charge in [-0.2, -0.15) is 0 Å². The Labute approximate surface area is 216 Å². The number of fused-ring (bicyclic) bond motifs is 1. The van der Waals surface area contributed by atoms with E-state index < -0.39 is 0 Å². The summed E-state index contributed by atoms with van der Waals surface area (Å²) in [5.74, 6) is 0.355. The molecule has 35 heavy (non-hydrogen) atoms. The summed E-state index contributed by atoms with van der Waals surface area (Å²) in [6, 6.07) is 27.7. The van der Waals surface area contributed by atoms with Crippen LogP contribution in [-0.4, -0.2) is 16.0 Å². The fourth-order valence-electron chi connectivity index (χ4n) is 4.10. The summed E-state index contributed by atoms with van der Waals surface area (Å²) in [4.78, 5) is 27.7. The van der Waals surface area contributed by atoms with Crippen molar-refractivity contribution in [2.75, 3.05) is 0 Å². The standard InChI is InChI=1S/C29H22BrNO3S/c1-19-6-4-7-20(14-19)18-34-26-13-12-24(30)15-23(26)16-27-28(32)31(29(33)35-27)17-22-10-5-9-21-8-2-3-11-25(21)22/h2-16H,17-18H2,1H3/b27-16+. The van der Waals surface area contributed by atoms with Gasteiger partial charge in [0, 0.05) is 10.0 Å². The smallest absolute Gasteiger partial charge is 0.293 e. The van der Waals surface area contributed by atoms with Crippen LogP contribution in [-0.2, 0) is 17.9 Å². The van der Waals surface area contributed by atoms with Crippen molar-refractivity contribution in [2.24, 2.45) is 0 Å². The van der Waals surface area contributed by atoms with Crippen LogP contribution in [0, 0.1) is 6.92 Å². The van der Waals surface area contributed by atoms with Crippen molar-refractivity contribution in [2.45, 2.75) is 20.1 Å². The molecule has 0 radical (unpaired) electrons. The van der Waals surface area contributed by atoms with Gasteiger partial charge in [0.1, 0.15) is 12.4 Å². The van der Waals surface area contributed by atoms with Gasteiger partial charge in [-0.3, -0.25) is 14.5 Å². The number of nitrogens with zero attached hydrogens (tertiary/aromatic N) is 1. The maximum absolute atomic E-state index is 13.2. The first-order valence-electron chi connectivity index (χ1n) is 11.2. The van der Waals surface area contributed by atoms with Gasteiger partial charge in [0.15, 0.2) is 0 Å². The first kappa shape index (κ1) is 23.4. The molecule has 174 valence electrons. The van der Waals surface area contributed by atoms with E-state index in [0.717, 1.165) is 43.7 Å². The van der Waals surface area contributed by atoms with Crippen LogP contribution in [0.4, 0.5) is 4.79 Å². The lowest BCUT2D eigenvalue weighted by Gasteiger charge is -2.14. The Hall–Kier alpha value is -3.35. The van der Waals surface area contributed by atoms with Gasteiger partial charge in [-0.25, -0.2) is 0 Å². The summed E-state index contributed by atoms with van der Waals surface area (Å²) in [6.45, 7) is 2.69. The Bertz CT molecular complexity index is 1470. The van der Waals surface area contributed by atoms with Gasteiger partial charge in [-0.05, 0) is 64.9 Å².